The second-order valence-electron chi connectivity index (χ2n) is 3.68. The van der Waals surface area contributed by atoms with E-state index in [-0.39, 0.29) is 24.7 Å². The lowest BCUT2D eigenvalue weighted by Crippen LogP contribution is -2.08. The zero-order valence-corrected chi connectivity index (χ0v) is 10.3. The van der Waals surface area contributed by atoms with E-state index in [9.17, 15) is 10.1 Å². The van der Waals surface area contributed by atoms with Crippen LogP contribution in [0.1, 0.15) is 18.9 Å². The van der Waals surface area contributed by atoms with Gasteiger partial charge >= 0.3 is 5.69 Å². The number of hydrogen-bond acceptors (Lipinski definition) is 5. The zero-order valence-electron chi connectivity index (χ0n) is 10.3. The Hall–Kier alpha value is -1.66. The molecule has 6 heteroatoms. The predicted octanol–water partition coefficient (Wildman–Crippen LogP) is 1.89. The van der Waals surface area contributed by atoms with Crippen LogP contribution in [0.3, 0.4) is 0 Å². The summed E-state index contributed by atoms with van der Waals surface area (Å²) in [6, 6.07) is 4.39. The van der Waals surface area contributed by atoms with Crippen molar-refractivity contribution in [3.05, 3.63) is 33.9 Å². The molecule has 1 rings (SSSR count). The molecular formula is C12H17NO5. The van der Waals surface area contributed by atoms with E-state index >= 15 is 0 Å². The molecule has 0 aliphatic rings. The molecule has 0 bridgehead atoms. The summed E-state index contributed by atoms with van der Waals surface area (Å²) in [5.74, 6) is 0.192. The minimum atomic E-state index is -0.526. The van der Waals surface area contributed by atoms with Gasteiger partial charge in [-0.25, -0.2) is 0 Å². The van der Waals surface area contributed by atoms with Crippen LogP contribution >= 0.6 is 0 Å². The molecule has 0 unspecified atom stereocenters. The minimum absolute atomic E-state index is 0.142. The first-order valence-electron chi connectivity index (χ1n) is 5.77. The summed E-state index contributed by atoms with van der Waals surface area (Å²) in [6.45, 7) is 3.07. The monoisotopic (exact) mass is 255 g/mol. The Kier molecular flexibility index (Phi) is 6.10. The molecule has 6 nitrogen and oxygen atoms in total. The molecule has 1 N–H and O–H groups in total. The Morgan fingerprint density at radius 3 is 2.72 bits per heavy atom. The average molecular weight is 255 g/mol. The number of rotatable bonds is 8. The van der Waals surface area contributed by atoms with Gasteiger partial charge in [-0.05, 0) is 18.1 Å². The van der Waals surface area contributed by atoms with Crippen molar-refractivity contribution in [1.29, 1.82) is 0 Å². The smallest absolute Gasteiger partial charge is 0.311 e. The lowest BCUT2D eigenvalue weighted by molar-refractivity contribution is -0.386. The van der Waals surface area contributed by atoms with Crippen LogP contribution in [0.4, 0.5) is 5.69 Å². The first-order valence-corrected chi connectivity index (χ1v) is 5.77. The summed E-state index contributed by atoms with van der Waals surface area (Å²) in [6.07, 6.45) is 0.922. The summed E-state index contributed by atoms with van der Waals surface area (Å²) in [5, 5.41) is 19.8. The minimum Gasteiger partial charge on any atom is -0.484 e. The fourth-order valence-corrected chi connectivity index (χ4v) is 1.38. The second-order valence-corrected chi connectivity index (χ2v) is 3.68. The van der Waals surface area contributed by atoms with Crippen LogP contribution in [-0.4, -0.2) is 29.9 Å². The number of nitro benzene ring substituents is 1. The molecule has 1 aromatic carbocycles. The highest BCUT2D eigenvalue weighted by atomic mass is 16.6. The van der Waals surface area contributed by atoms with Crippen LogP contribution in [0.25, 0.3) is 0 Å². The Labute approximate surface area is 105 Å². The number of aliphatic hydroxyl groups excluding tert-OH is 1. The van der Waals surface area contributed by atoms with E-state index < -0.39 is 4.92 Å². The first kappa shape index (κ1) is 14.4. The fourth-order valence-electron chi connectivity index (χ4n) is 1.38. The van der Waals surface area contributed by atoms with Gasteiger partial charge in [0.1, 0.15) is 6.61 Å². The molecule has 0 aliphatic carbocycles. The van der Waals surface area contributed by atoms with Crippen LogP contribution in [0.15, 0.2) is 18.2 Å². The summed E-state index contributed by atoms with van der Waals surface area (Å²) < 4.78 is 10.5. The highest BCUT2D eigenvalue weighted by molar-refractivity contribution is 5.48. The summed E-state index contributed by atoms with van der Waals surface area (Å²) in [7, 11) is 0. The molecule has 0 amide bonds. The molecule has 0 radical (unpaired) electrons. The Bertz CT molecular complexity index is 394. The topological polar surface area (TPSA) is 81.8 Å². The highest BCUT2D eigenvalue weighted by Crippen LogP contribution is 2.27. The van der Waals surface area contributed by atoms with Gasteiger partial charge in [0.15, 0.2) is 5.75 Å². The van der Waals surface area contributed by atoms with E-state index in [0.717, 1.165) is 6.42 Å². The quantitative estimate of drug-likeness (QED) is 0.436. The van der Waals surface area contributed by atoms with Crippen molar-refractivity contribution in [2.24, 2.45) is 0 Å². The van der Waals surface area contributed by atoms with E-state index in [4.69, 9.17) is 14.6 Å². The van der Waals surface area contributed by atoms with Gasteiger partial charge in [0, 0.05) is 12.7 Å². The van der Waals surface area contributed by atoms with Gasteiger partial charge in [0.05, 0.1) is 18.1 Å². The second kappa shape index (κ2) is 7.62. The van der Waals surface area contributed by atoms with Gasteiger partial charge in [-0.15, -0.1) is 0 Å². The number of nitrogens with zero attached hydrogens (tertiary/aromatic N) is 1. The first-order chi connectivity index (χ1) is 8.69. The van der Waals surface area contributed by atoms with Crippen LogP contribution in [0.2, 0.25) is 0 Å². The number of benzene rings is 1. The van der Waals surface area contributed by atoms with Gasteiger partial charge in [0.2, 0.25) is 0 Å². The third-order valence-corrected chi connectivity index (χ3v) is 2.24. The maximum atomic E-state index is 10.8. The maximum Gasteiger partial charge on any atom is 0.311 e. The molecule has 0 aromatic heterocycles. The average Bonchev–Trinajstić information content (AvgIpc) is 2.38. The SMILES string of the molecule is CCCOCCOc1ccc(CO)cc1[N+](=O)[O-]. The van der Waals surface area contributed by atoms with Gasteiger partial charge in [-0.1, -0.05) is 13.0 Å². The molecule has 0 fully saturated rings. The van der Waals surface area contributed by atoms with E-state index in [0.29, 0.717) is 18.8 Å². The van der Waals surface area contributed by atoms with Crippen LogP contribution in [0.5, 0.6) is 5.75 Å². The van der Waals surface area contributed by atoms with Crippen molar-refractivity contribution in [1.82, 2.24) is 0 Å². The largest absolute Gasteiger partial charge is 0.484 e. The van der Waals surface area contributed by atoms with Crippen LogP contribution < -0.4 is 4.74 Å². The van der Waals surface area contributed by atoms with Gasteiger partial charge in [-0.2, -0.15) is 0 Å². The third kappa shape index (κ3) is 4.31. The normalized spacial score (nSPS) is 10.3. The molecule has 100 valence electrons. The van der Waals surface area contributed by atoms with Crippen molar-refractivity contribution in [2.45, 2.75) is 20.0 Å². The molecule has 0 atom stereocenters. The number of hydrogen-bond donors (Lipinski definition) is 1. The van der Waals surface area contributed by atoms with Crippen LogP contribution in [-0.2, 0) is 11.3 Å². The van der Waals surface area contributed by atoms with Crippen molar-refractivity contribution >= 4 is 5.69 Å². The maximum absolute atomic E-state index is 10.8. The number of aliphatic hydroxyl groups is 1. The Morgan fingerprint density at radius 2 is 2.11 bits per heavy atom. The van der Waals surface area contributed by atoms with E-state index in [1.54, 1.807) is 6.07 Å². The summed E-state index contributed by atoms with van der Waals surface area (Å²) in [5.41, 5.74) is 0.341. The predicted molar refractivity (Wildman–Crippen MR) is 65.6 cm³/mol. The number of ether oxygens (including phenoxy) is 2. The number of nitro groups is 1. The fraction of sp³-hybridized carbons (Fsp3) is 0.500. The Morgan fingerprint density at radius 1 is 1.33 bits per heavy atom. The van der Waals surface area contributed by atoms with E-state index in [2.05, 4.69) is 0 Å². The molecule has 1 aromatic rings. The highest BCUT2D eigenvalue weighted by Gasteiger charge is 2.15. The van der Waals surface area contributed by atoms with Gasteiger partial charge in [0.25, 0.3) is 0 Å². The molecule has 0 spiro atoms. The van der Waals surface area contributed by atoms with Crippen molar-refractivity contribution in [3.8, 4) is 5.75 Å². The molecular weight excluding hydrogens is 238 g/mol. The van der Waals surface area contributed by atoms with Crippen molar-refractivity contribution < 1.29 is 19.5 Å². The summed E-state index contributed by atoms with van der Waals surface area (Å²) >= 11 is 0. The van der Waals surface area contributed by atoms with E-state index in [1.165, 1.54) is 12.1 Å². The third-order valence-electron chi connectivity index (χ3n) is 2.24. The molecule has 0 aliphatic heterocycles. The standard InChI is InChI=1S/C12H17NO5/c1-2-5-17-6-7-18-12-4-3-10(9-14)8-11(12)13(15)16/h3-4,8,14H,2,5-7,9H2,1H3. The van der Waals surface area contributed by atoms with Crippen molar-refractivity contribution in [2.75, 3.05) is 19.8 Å². The lowest BCUT2D eigenvalue weighted by atomic mass is 10.2. The van der Waals surface area contributed by atoms with Crippen molar-refractivity contribution in [3.63, 3.8) is 0 Å². The summed E-state index contributed by atoms with van der Waals surface area (Å²) in [4.78, 5) is 10.3. The zero-order chi connectivity index (χ0) is 13.4. The Balaban J connectivity index is 2.61. The van der Waals surface area contributed by atoms with Gasteiger partial charge < -0.3 is 14.6 Å². The molecule has 18 heavy (non-hydrogen) atoms. The molecule has 0 saturated heterocycles. The molecule has 0 heterocycles. The lowest BCUT2D eigenvalue weighted by Gasteiger charge is -2.08. The molecule has 0 saturated carbocycles. The van der Waals surface area contributed by atoms with E-state index in [1.807, 2.05) is 6.92 Å². The van der Waals surface area contributed by atoms with Crippen LogP contribution in [0, 0.1) is 10.1 Å². The van der Waals surface area contributed by atoms with Gasteiger partial charge in [-0.3, -0.25) is 10.1 Å².